The summed E-state index contributed by atoms with van der Waals surface area (Å²) >= 11 is 5.19. The molecule has 16 heavy (non-hydrogen) atoms. The van der Waals surface area contributed by atoms with Crippen LogP contribution >= 0.6 is 12.2 Å². The Morgan fingerprint density at radius 2 is 1.94 bits per heavy atom. The third-order valence-corrected chi connectivity index (χ3v) is 3.53. The molecule has 1 aliphatic rings. The molecule has 90 valence electrons. The predicted molar refractivity (Wildman–Crippen MR) is 66.8 cm³/mol. The summed E-state index contributed by atoms with van der Waals surface area (Å²) in [5, 5.41) is 7.20. The monoisotopic (exact) mass is 240 g/mol. The summed E-state index contributed by atoms with van der Waals surface area (Å²) in [6.45, 7) is 6.34. The standard InChI is InChI=1S/C11H20N4S/c1-2-15-10(12-13-11(15)16)9-14-7-5-3-4-6-8-14/h2-9H2,1H3,(H,13,16). The topological polar surface area (TPSA) is 36.9 Å². The summed E-state index contributed by atoms with van der Waals surface area (Å²) in [7, 11) is 0. The molecule has 2 heterocycles. The van der Waals surface area contributed by atoms with Gasteiger partial charge in [0.05, 0.1) is 6.54 Å². The van der Waals surface area contributed by atoms with Crippen molar-refractivity contribution in [1.82, 2.24) is 19.7 Å². The second-order valence-corrected chi connectivity index (χ2v) is 4.77. The van der Waals surface area contributed by atoms with Crippen LogP contribution in [0.25, 0.3) is 0 Å². The third kappa shape index (κ3) is 2.71. The molecule has 0 atom stereocenters. The Kier molecular flexibility index (Phi) is 4.12. The number of H-pyrrole nitrogens is 1. The van der Waals surface area contributed by atoms with Gasteiger partial charge in [-0.2, -0.15) is 5.10 Å². The van der Waals surface area contributed by atoms with E-state index in [-0.39, 0.29) is 0 Å². The van der Waals surface area contributed by atoms with Crippen molar-refractivity contribution in [3.63, 3.8) is 0 Å². The molecule has 0 aromatic carbocycles. The Morgan fingerprint density at radius 1 is 1.25 bits per heavy atom. The number of nitrogens with one attached hydrogen (secondary N) is 1. The number of hydrogen-bond acceptors (Lipinski definition) is 3. The van der Waals surface area contributed by atoms with Gasteiger partial charge in [-0.1, -0.05) is 12.8 Å². The first-order valence-corrected chi connectivity index (χ1v) is 6.58. The van der Waals surface area contributed by atoms with Crippen molar-refractivity contribution in [1.29, 1.82) is 0 Å². The van der Waals surface area contributed by atoms with Crippen molar-refractivity contribution in [2.75, 3.05) is 13.1 Å². The summed E-state index contributed by atoms with van der Waals surface area (Å²) in [5.41, 5.74) is 0. The fraction of sp³-hybridized carbons (Fsp3) is 0.818. The normalized spacial score (nSPS) is 18.6. The lowest BCUT2D eigenvalue weighted by atomic mass is 10.2. The number of likely N-dealkylation sites (tertiary alicyclic amines) is 1. The zero-order valence-corrected chi connectivity index (χ0v) is 10.7. The minimum atomic E-state index is 0.743. The summed E-state index contributed by atoms with van der Waals surface area (Å²) in [6, 6.07) is 0. The van der Waals surface area contributed by atoms with Crippen molar-refractivity contribution < 1.29 is 0 Å². The molecule has 0 radical (unpaired) electrons. The van der Waals surface area contributed by atoms with Crippen LogP contribution in [0.15, 0.2) is 0 Å². The Bertz CT molecular complexity index is 374. The van der Waals surface area contributed by atoms with Crippen molar-refractivity contribution in [3.8, 4) is 0 Å². The summed E-state index contributed by atoms with van der Waals surface area (Å²) in [5.74, 6) is 1.08. The van der Waals surface area contributed by atoms with Crippen LogP contribution in [0.4, 0.5) is 0 Å². The first-order chi connectivity index (χ1) is 7.81. The van der Waals surface area contributed by atoms with Crippen LogP contribution in [0.3, 0.4) is 0 Å². The van der Waals surface area contributed by atoms with E-state index in [4.69, 9.17) is 12.2 Å². The second kappa shape index (κ2) is 5.59. The lowest BCUT2D eigenvalue weighted by Crippen LogP contribution is -2.25. The summed E-state index contributed by atoms with van der Waals surface area (Å²) < 4.78 is 2.83. The molecule has 0 bridgehead atoms. The van der Waals surface area contributed by atoms with Crippen molar-refractivity contribution in [3.05, 3.63) is 10.6 Å². The van der Waals surface area contributed by atoms with E-state index in [1.165, 1.54) is 38.8 Å². The maximum absolute atomic E-state index is 5.19. The lowest BCUT2D eigenvalue weighted by Gasteiger charge is -2.19. The summed E-state index contributed by atoms with van der Waals surface area (Å²) in [4.78, 5) is 2.49. The van der Waals surface area contributed by atoms with Gasteiger partial charge in [-0.05, 0) is 45.1 Å². The van der Waals surface area contributed by atoms with Crippen LogP contribution in [0, 0.1) is 4.77 Å². The van der Waals surface area contributed by atoms with Crippen molar-refractivity contribution >= 4 is 12.2 Å². The SMILES string of the molecule is CCn1c(CN2CCCCCC2)n[nH]c1=S. The van der Waals surface area contributed by atoms with Crippen LogP contribution in [0.5, 0.6) is 0 Å². The fourth-order valence-corrected chi connectivity index (χ4v) is 2.57. The maximum atomic E-state index is 5.19. The molecule has 0 saturated carbocycles. The van der Waals surface area contributed by atoms with Gasteiger partial charge >= 0.3 is 0 Å². The second-order valence-electron chi connectivity index (χ2n) is 4.38. The number of nitrogens with zero attached hydrogens (tertiary/aromatic N) is 3. The number of aromatic nitrogens is 3. The van der Waals surface area contributed by atoms with Crippen molar-refractivity contribution in [2.45, 2.75) is 45.7 Å². The highest BCUT2D eigenvalue weighted by Gasteiger charge is 2.12. The molecular formula is C11H20N4S. The number of rotatable bonds is 3. The molecule has 0 unspecified atom stereocenters. The van der Waals surface area contributed by atoms with E-state index in [2.05, 4.69) is 26.6 Å². The van der Waals surface area contributed by atoms with Gasteiger partial charge in [-0.15, -0.1) is 0 Å². The molecule has 0 amide bonds. The molecule has 1 aromatic rings. The molecule has 1 fully saturated rings. The Hall–Kier alpha value is -0.680. The summed E-state index contributed by atoms with van der Waals surface area (Å²) in [6.07, 6.45) is 5.38. The van der Waals surface area contributed by atoms with E-state index in [1.807, 2.05) is 0 Å². The molecular weight excluding hydrogens is 220 g/mol. The maximum Gasteiger partial charge on any atom is 0.195 e. The van der Waals surface area contributed by atoms with Gasteiger partial charge < -0.3 is 4.57 Å². The third-order valence-electron chi connectivity index (χ3n) is 3.22. The van der Waals surface area contributed by atoms with Crippen LogP contribution in [0.2, 0.25) is 0 Å². The highest BCUT2D eigenvalue weighted by molar-refractivity contribution is 7.71. The molecule has 1 aromatic heterocycles. The highest BCUT2D eigenvalue weighted by Crippen LogP contribution is 2.12. The minimum absolute atomic E-state index is 0.743. The first kappa shape index (κ1) is 11.8. The van der Waals surface area contributed by atoms with Crippen LogP contribution in [-0.2, 0) is 13.1 Å². The lowest BCUT2D eigenvalue weighted by molar-refractivity contribution is 0.266. The highest BCUT2D eigenvalue weighted by atomic mass is 32.1. The van der Waals surface area contributed by atoms with E-state index in [0.29, 0.717) is 0 Å². The van der Waals surface area contributed by atoms with E-state index in [1.54, 1.807) is 0 Å². The van der Waals surface area contributed by atoms with Gasteiger partial charge in [0.2, 0.25) is 0 Å². The predicted octanol–water partition coefficient (Wildman–Crippen LogP) is 2.34. The van der Waals surface area contributed by atoms with E-state index >= 15 is 0 Å². The van der Waals surface area contributed by atoms with Crippen LogP contribution in [0.1, 0.15) is 38.4 Å². The quantitative estimate of drug-likeness (QED) is 0.824. The number of aromatic amines is 1. The minimum Gasteiger partial charge on any atom is -0.303 e. The Balaban J connectivity index is 2.04. The fourth-order valence-electron chi connectivity index (χ4n) is 2.29. The Labute approximate surface area is 102 Å². The van der Waals surface area contributed by atoms with E-state index < -0.39 is 0 Å². The average Bonchev–Trinajstić information content (AvgIpc) is 2.51. The molecule has 5 heteroatoms. The van der Waals surface area contributed by atoms with Gasteiger partial charge in [0, 0.05) is 6.54 Å². The smallest absolute Gasteiger partial charge is 0.195 e. The average molecular weight is 240 g/mol. The Morgan fingerprint density at radius 3 is 2.56 bits per heavy atom. The molecule has 0 aliphatic carbocycles. The van der Waals surface area contributed by atoms with Crippen LogP contribution < -0.4 is 0 Å². The molecule has 1 saturated heterocycles. The van der Waals surface area contributed by atoms with Gasteiger partial charge in [-0.3, -0.25) is 10.00 Å². The van der Waals surface area contributed by atoms with Crippen LogP contribution in [-0.4, -0.2) is 32.8 Å². The van der Waals surface area contributed by atoms with Gasteiger partial charge in [0.1, 0.15) is 5.82 Å². The number of hydrogen-bond donors (Lipinski definition) is 1. The van der Waals surface area contributed by atoms with Gasteiger partial charge in [0.15, 0.2) is 4.77 Å². The molecule has 4 nitrogen and oxygen atoms in total. The molecule has 0 spiro atoms. The van der Waals surface area contributed by atoms with Gasteiger partial charge in [-0.25, -0.2) is 0 Å². The first-order valence-electron chi connectivity index (χ1n) is 6.17. The van der Waals surface area contributed by atoms with Gasteiger partial charge in [0.25, 0.3) is 0 Å². The zero-order valence-electron chi connectivity index (χ0n) is 9.91. The van der Waals surface area contributed by atoms with E-state index in [9.17, 15) is 0 Å². The van der Waals surface area contributed by atoms with Crippen molar-refractivity contribution in [2.24, 2.45) is 0 Å². The molecule has 1 aliphatic heterocycles. The molecule has 2 rings (SSSR count). The molecule has 1 N–H and O–H groups in total. The van der Waals surface area contributed by atoms with E-state index in [0.717, 1.165) is 23.7 Å². The zero-order chi connectivity index (χ0) is 11.4. The largest absolute Gasteiger partial charge is 0.303 e.